The molecule has 0 N–H and O–H groups in total. The van der Waals surface area contributed by atoms with Crippen LogP contribution in [0, 0.1) is 17.5 Å². The molecule has 0 fully saturated rings. The van der Waals surface area contributed by atoms with Gasteiger partial charge in [0.25, 0.3) is 0 Å². The minimum absolute atomic E-state index is 0.324. The summed E-state index contributed by atoms with van der Waals surface area (Å²) >= 11 is 0. The molecule has 0 aromatic heterocycles. The van der Waals surface area contributed by atoms with Crippen molar-refractivity contribution in [1.29, 1.82) is 0 Å². The number of hydrogen-bond donors (Lipinski definition) is 0. The molecule has 0 nitrogen and oxygen atoms in total. The average molecular weight is 302 g/mol. The van der Waals surface area contributed by atoms with Crippen LogP contribution in [0.15, 0.2) is 42.0 Å². The Morgan fingerprint density at radius 2 is 1.73 bits per heavy atom. The minimum atomic E-state index is -0.959. The van der Waals surface area contributed by atoms with Crippen molar-refractivity contribution in [3.63, 3.8) is 0 Å². The summed E-state index contributed by atoms with van der Waals surface area (Å²) < 4.78 is 40.8. The maximum Gasteiger partial charge on any atom is 0.159 e. The molecule has 22 heavy (non-hydrogen) atoms. The first kappa shape index (κ1) is 14.9. The summed E-state index contributed by atoms with van der Waals surface area (Å²) in [4.78, 5) is 0. The number of benzene rings is 2. The summed E-state index contributed by atoms with van der Waals surface area (Å²) in [6, 6.07) is 6.78. The molecule has 114 valence electrons. The SMILES string of the molecule is CCCC1=CCc2cc(-c3ccc(F)c(F)c3)c(F)cc2C1. The molecule has 0 bridgehead atoms. The van der Waals surface area contributed by atoms with Crippen LogP contribution in [0.1, 0.15) is 30.9 Å². The van der Waals surface area contributed by atoms with Crippen molar-refractivity contribution in [3.05, 3.63) is 70.6 Å². The molecule has 0 saturated carbocycles. The zero-order valence-electron chi connectivity index (χ0n) is 12.4. The quantitative estimate of drug-likeness (QED) is 0.648. The van der Waals surface area contributed by atoms with Crippen LogP contribution >= 0.6 is 0 Å². The van der Waals surface area contributed by atoms with Gasteiger partial charge in [-0.15, -0.1) is 0 Å². The highest BCUT2D eigenvalue weighted by Crippen LogP contribution is 2.31. The van der Waals surface area contributed by atoms with E-state index in [-0.39, 0.29) is 5.82 Å². The number of fused-ring (bicyclic) bond motifs is 1. The molecule has 0 saturated heterocycles. The smallest absolute Gasteiger partial charge is 0.159 e. The van der Waals surface area contributed by atoms with E-state index >= 15 is 0 Å². The third kappa shape index (κ3) is 2.80. The van der Waals surface area contributed by atoms with Gasteiger partial charge in [0.15, 0.2) is 11.6 Å². The lowest BCUT2D eigenvalue weighted by atomic mass is 9.87. The van der Waals surface area contributed by atoms with Gasteiger partial charge in [0.2, 0.25) is 0 Å². The molecule has 0 unspecified atom stereocenters. The molecule has 2 aromatic carbocycles. The highest BCUT2D eigenvalue weighted by molar-refractivity contribution is 5.66. The highest BCUT2D eigenvalue weighted by Gasteiger charge is 2.16. The van der Waals surface area contributed by atoms with Crippen molar-refractivity contribution in [2.45, 2.75) is 32.6 Å². The van der Waals surface area contributed by atoms with Crippen LogP contribution in [0.25, 0.3) is 11.1 Å². The highest BCUT2D eigenvalue weighted by atomic mass is 19.2. The number of rotatable bonds is 3. The van der Waals surface area contributed by atoms with E-state index < -0.39 is 11.6 Å². The normalized spacial score (nSPS) is 13.7. The molecule has 3 heteroatoms. The summed E-state index contributed by atoms with van der Waals surface area (Å²) in [5.41, 5.74) is 4.08. The van der Waals surface area contributed by atoms with Crippen LogP contribution in [0.4, 0.5) is 13.2 Å². The van der Waals surface area contributed by atoms with E-state index in [1.807, 2.05) is 0 Å². The minimum Gasteiger partial charge on any atom is -0.206 e. The van der Waals surface area contributed by atoms with E-state index in [1.54, 1.807) is 6.07 Å². The van der Waals surface area contributed by atoms with E-state index in [2.05, 4.69) is 13.0 Å². The van der Waals surface area contributed by atoms with E-state index in [9.17, 15) is 13.2 Å². The maximum atomic E-state index is 14.4. The summed E-state index contributed by atoms with van der Waals surface area (Å²) in [6.45, 7) is 2.13. The van der Waals surface area contributed by atoms with Gasteiger partial charge in [-0.1, -0.05) is 31.1 Å². The Kier molecular flexibility index (Phi) is 4.06. The Balaban J connectivity index is 1.99. The molecular formula is C19H17F3. The van der Waals surface area contributed by atoms with Gasteiger partial charge in [-0.3, -0.25) is 0 Å². The number of halogens is 3. The van der Waals surface area contributed by atoms with Crippen LogP contribution in [0.3, 0.4) is 0 Å². The Morgan fingerprint density at radius 3 is 2.45 bits per heavy atom. The molecule has 3 rings (SSSR count). The van der Waals surface area contributed by atoms with E-state index in [4.69, 9.17) is 0 Å². The maximum absolute atomic E-state index is 14.4. The average Bonchev–Trinajstić information content (AvgIpc) is 2.50. The topological polar surface area (TPSA) is 0 Å². The van der Waals surface area contributed by atoms with Gasteiger partial charge >= 0.3 is 0 Å². The van der Waals surface area contributed by atoms with Crippen molar-refractivity contribution in [2.24, 2.45) is 0 Å². The second kappa shape index (κ2) is 5.99. The van der Waals surface area contributed by atoms with Gasteiger partial charge in [-0.25, -0.2) is 13.2 Å². The van der Waals surface area contributed by atoms with Crippen LogP contribution in [-0.2, 0) is 12.8 Å². The third-order valence-electron chi connectivity index (χ3n) is 4.12. The van der Waals surface area contributed by atoms with Gasteiger partial charge in [-0.05, 0) is 60.2 Å². The predicted octanol–water partition coefficient (Wildman–Crippen LogP) is 5.60. The lowest BCUT2D eigenvalue weighted by Gasteiger charge is -2.18. The Bertz CT molecular complexity index is 745. The first-order valence-electron chi connectivity index (χ1n) is 7.53. The van der Waals surface area contributed by atoms with E-state index in [0.717, 1.165) is 48.9 Å². The Morgan fingerprint density at radius 1 is 0.909 bits per heavy atom. The zero-order chi connectivity index (χ0) is 15.7. The van der Waals surface area contributed by atoms with Crippen LogP contribution in [0.5, 0.6) is 0 Å². The molecule has 0 aliphatic heterocycles. The molecule has 0 heterocycles. The standard InChI is InChI=1S/C19H17F3/c1-2-3-12-4-5-13-9-16(18(21)11-15(13)8-12)14-6-7-17(20)19(22)10-14/h4,6-7,9-11H,2-3,5,8H2,1H3. The summed E-state index contributed by atoms with van der Waals surface area (Å²) in [5.74, 6) is -2.27. The molecule has 2 aromatic rings. The molecule has 1 aliphatic carbocycles. The lowest BCUT2D eigenvalue weighted by molar-refractivity contribution is 0.509. The Hall–Kier alpha value is -2.03. The van der Waals surface area contributed by atoms with Gasteiger partial charge in [0.1, 0.15) is 5.82 Å². The first-order chi connectivity index (χ1) is 10.6. The van der Waals surface area contributed by atoms with Crippen LogP contribution in [-0.4, -0.2) is 0 Å². The molecule has 0 radical (unpaired) electrons. The van der Waals surface area contributed by atoms with Crippen LogP contribution in [0.2, 0.25) is 0 Å². The molecule has 1 aliphatic rings. The third-order valence-corrected chi connectivity index (χ3v) is 4.12. The largest absolute Gasteiger partial charge is 0.206 e. The van der Waals surface area contributed by atoms with E-state index in [0.29, 0.717) is 11.1 Å². The van der Waals surface area contributed by atoms with Crippen molar-refractivity contribution in [3.8, 4) is 11.1 Å². The van der Waals surface area contributed by atoms with Crippen molar-refractivity contribution < 1.29 is 13.2 Å². The molecular weight excluding hydrogens is 285 g/mol. The fourth-order valence-corrected chi connectivity index (χ4v) is 2.98. The molecule has 0 amide bonds. The monoisotopic (exact) mass is 302 g/mol. The number of allylic oxidation sites excluding steroid dienone is 2. The first-order valence-corrected chi connectivity index (χ1v) is 7.53. The second-order valence-corrected chi connectivity index (χ2v) is 5.72. The molecule has 0 spiro atoms. The lowest BCUT2D eigenvalue weighted by Crippen LogP contribution is -2.05. The zero-order valence-corrected chi connectivity index (χ0v) is 12.4. The fraction of sp³-hybridized carbons (Fsp3) is 0.263. The van der Waals surface area contributed by atoms with Gasteiger partial charge in [-0.2, -0.15) is 0 Å². The van der Waals surface area contributed by atoms with Gasteiger partial charge in [0.05, 0.1) is 0 Å². The summed E-state index contributed by atoms with van der Waals surface area (Å²) in [7, 11) is 0. The van der Waals surface area contributed by atoms with Gasteiger partial charge in [0, 0.05) is 5.56 Å². The van der Waals surface area contributed by atoms with Crippen molar-refractivity contribution >= 4 is 0 Å². The summed E-state index contributed by atoms with van der Waals surface area (Å²) in [6.07, 6.45) is 5.85. The van der Waals surface area contributed by atoms with Crippen molar-refractivity contribution in [1.82, 2.24) is 0 Å². The predicted molar refractivity (Wildman–Crippen MR) is 82.2 cm³/mol. The second-order valence-electron chi connectivity index (χ2n) is 5.72. The van der Waals surface area contributed by atoms with Crippen LogP contribution < -0.4 is 0 Å². The number of hydrogen-bond acceptors (Lipinski definition) is 0. The van der Waals surface area contributed by atoms with E-state index in [1.165, 1.54) is 17.7 Å². The van der Waals surface area contributed by atoms with Crippen molar-refractivity contribution in [2.75, 3.05) is 0 Å². The fourth-order valence-electron chi connectivity index (χ4n) is 2.98. The Labute approximate surface area is 128 Å². The molecule has 0 atom stereocenters. The summed E-state index contributed by atoms with van der Waals surface area (Å²) in [5, 5.41) is 0. The van der Waals surface area contributed by atoms with Gasteiger partial charge < -0.3 is 0 Å².